The van der Waals surface area contributed by atoms with E-state index >= 15 is 0 Å². The second-order valence-electron chi connectivity index (χ2n) is 3.66. The molecule has 0 bridgehead atoms. The largest absolute Gasteiger partial charge is 0.329 e. The van der Waals surface area contributed by atoms with Crippen molar-refractivity contribution in [1.82, 2.24) is 0 Å². The first-order valence-electron chi connectivity index (χ1n) is 4.40. The van der Waals surface area contributed by atoms with Crippen LogP contribution in [0.1, 0.15) is 33.1 Å². The quantitative estimate of drug-likeness (QED) is 0.665. The third-order valence-corrected chi connectivity index (χ3v) is 2.83. The maximum atomic E-state index is 11.6. The summed E-state index contributed by atoms with van der Waals surface area (Å²) in [7, 11) is 0. The van der Waals surface area contributed by atoms with Crippen LogP contribution < -0.4 is 5.73 Å². The molecule has 1 saturated carbocycles. The van der Waals surface area contributed by atoms with Crippen LogP contribution in [-0.4, -0.2) is 12.3 Å². The molecule has 0 spiro atoms. The van der Waals surface area contributed by atoms with Crippen molar-refractivity contribution in [2.75, 3.05) is 6.54 Å². The zero-order valence-corrected chi connectivity index (χ0v) is 7.39. The summed E-state index contributed by atoms with van der Waals surface area (Å²) in [5.41, 5.74) is 5.45. The highest BCUT2D eigenvalue weighted by Gasteiger charge is 2.49. The molecule has 2 nitrogen and oxygen atoms in total. The van der Waals surface area contributed by atoms with Gasteiger partial charge in [-0.3, -0.25) is 4.79 Å². The van der Waals surface area contributed by atoms with Gasteiger partial charge in [0.05, 0.1) is 0 Å². The van der Waals surface area contributed by atoms with Gasteiger partial charge in [0.15, 0.2) is 0 Å². The highest BCUT2D eigenvalue weighted by atomic mass is 16.1. The molecule has 0 heterocycles. The summed E-state index contributed by atoms with van der Waals surface area (Å²) < 4.78 is 0. The first kappa shape index (κ1) is 8.72. The maximum absolute atomic E-state index is 11.6. The molecule has 1 fully saturated rings. The molecule has 0 aliphatic heterocycles. The molecule has 64 valence electrons. The fourth-order valence-corrected chi connectivity index (χ4v) is 1.41. The Morgan fingerprint density at radius 1 is 1.64 bits per heavy atom. The summed E-state index contributed by atoms with van der Waals surface area (Å²) in [6.07, 6.45) is 2.99. The van der Waals surface area contributed by atoms with Gasteiger partial charge in [0.25, 0.3) is 0 Å². The first-order valence-corrected chi connectivity index (χ1v) is 4.40. The van der Waals surface area contributed by atoms with Crippen LogP contribution in [0.4, 0.5) is 0 Å². The van der Waals surface area contributed by atoms with Crippen LogP contribution in [0.2, 0.25) is 0 Å². The molecule has 0 radical (unpaired) electrons. The lowest BCUT2D eigenvalue weighted by Crippen LogP contribution is -2.29. The summed E-state index contributed by atoms with van der Waals surface area (Å²) in [6.45, 7) is 4.60. The summed E-state index contributed by atoms with van der Waals surface area (Å²) in [4.78, 5) is 11.6. The van der Waals surface area contributed by atoms with Gasteiger partial charge in [-0.05, 0) is 19.3 Å². The van der Waals surface area contributed by atoms with E-state index in [1.165, 1.54) is 0 Å². The summed E-state index contributed by atoms with van der Waals surface area (Å²) in [5, 5.41) is 0. The number of rotatable bonds is 4. The minimum Gasteiger partial charge on any atom is -0.329 e. The predicted molar refractivity (Wildman–Crippen MR) is 45.2 cm³/mol. The van der Waals surface area contributed by atoms with Crippen molar-refractivity contribution in [3.05, 3.63) is 0 Å². The summed E-state index contributed by atoms with van der Waals surface area (Å²) in [5.74, 6) is 0.601. The molecule has 11 heavy (non-hydrogen) atoms. The molecule has 1 aliphatic carbocycles. The zero-order chi connectivity index (χ0) is 8.48. The van der Waals surface area contributed by atoms with Crippen LogP contribution in [0.3, 0.4) is 0 Å². The first-order chi connectivity index (χ1) is 5.16. The third-order valence-electron chi connectivity index (χ3n) is 2.83. The number of carbonyl (C=O) groups is 1. The van der Waals surface area contributed by atoms with Gasteiger partial charge in [-0.25, -0.2) is 0 Å². The standard InChI is InChI=1S/C9H17NO/c1-3-7(2)8(11)9(6-10)4-5-9/h7H,3-6,10H2,1-2H3. The van der Waals surface area contributed by atoms with Crippen molar-refractivity contribution < 1.29 is 4.79 Å². The van der Waals surface area contributed by atoms with Crippen molar-refractivity contribution in [3.63, 3.8) is 0 Å². The number of ketones is 1. The van der Waals surface area contributed by atoms with E-state index in [9.17, 15) is 4.79 Å². The molecule has 0 saturated heterocycles. The van der Waals surface area contributed by atoms with Crippen LogP contribution in [0.5, 0.6) is 0 Å². The number of hydrogen-bond donors (Lipinski definition) is 1. The zero-order valence-electron chi connectivity index (χ0n) is 7.39. The maximum Gasteiger partial charge on any atom is 0.143 e. The van der Waals surface area contributed by atoms with Crippen LogP contribution in [-0.2, 0) is 4.79 Å². The van der Waals surface area contributed by atoms with Crippen LogP contribution >= 0.6 is 0 Å². The molecule has 0 aromatic heterocycles. The van der Waals surface area contributed by atoms with Crippen molar-refractivity contribution in [2.45, 2.75) is 33.1 Å². The van der Waals surface area contributed by atoms with Crippen molar-refractivity contribution in [3.8, 4) is 0 Å². The Bertz CT molecular complexity index is 161. The fraction of sp³-hybridized carbons (Fsp3) is 0.889. The highest BCUT2D eigenvalue weighted by Crippen LogP contribution is 2.47. The van der Waals surface area contributed by atoms with E-state index in [2.05, 4.69) is 6.92 Å². The Balaban J connectivity index is 2.53. The highest BCUT2D eigenvalue weighted by molar-refractivity contribution is 5.89. The molecule has 2 N–H and O–H groups in total. The molecule has 1 unspecified atom stereocenters. The summed E-state index contributed by atoms with van der Waals surface area (Å²) >= 11 is 0. The van der Waals surface area contributed by atoms with Crippen molar-refractivity contribution >= 4 is 5.78 Å². The van der Waals surface area contributed by atoms with Gasteiger partial charge in [-0.2, -0.15) is 0 Å². The number of Topliss-reactive ketones (excluding diaryl/α,β-unsaturated/α-hetero) is 1. The Hall–Kier alpha value is -0.370. The second-order valence-corrected chi connectivity index (χ2v) is 3.66. The van der Waals surface area contributed by atoms with Gasteiger partial charge in [0, 0.05) is 17.9 Å². The van der Waals surface area contributed by atoms with Crippen LogP contribution in [0.15, 0.2) is 0 Å². The molecule has 2 heteroatoms. The molecular formula is C9H17NO. The molecule has 1 aliphatic rings. The van der Waals surface area contributed by atoms with Gasteiger partial charge in [-0.1, -0.05) is 13.8 Å². The molecule has 0 aromatic rings. The van der Waals surface area contributed by atoms with Crippen molar-refractivity contribution in [1.29, 1.82) is 0 Å². The van der Waals surface area contributed by atoms with Gasteiger partial charge in [0.2, 0.25) is 0 Å². The van der Waals surface area contributed by atoms with E-state index in [1.807, 2.05) is 6.92 Å². The van der Waals surface area contributed by atoms with Crippen LogP contribution in [0, 0.1) is 11.3 Å². The van der Waals surface area contributed by atoms with Gasteiger partial charge in [0.1, 0.15) is 5.78 Å². The SMILES string of the molecule is CCC(C)C(=O)C1(CN)CC1. The normalized spacial score (nSPS) is 22.8. The second kappa shape index (κ2) is 2.94. The lowest BCUT2D eigenvalue weighted by atomic mass is 9.90. The van der Waals surface area contributed by atoms with Gasteiger partial charge in [-0.15, -0.1) is 0 Å². The van der Waals surface area contributed by atoms with E-state index in [1.54, 1.807) is 0 Å². The van der Waals surface area contributed by atoms with E-state index in [-0.39, 0.29) is 11.3 Å². The van der Waals surface area contributed by atoms with E-state index in [4.69, 9.17) is 5.73 Å². The van der Waals surface area contributed by atoms with E-state index < -0.39 is 0 Å². The average molecular weight is 155 g/mol. The minimum atomic E-state index is -0.0879. The number of carbonyl (C=O) groups excluding carboxylic acids is 1. The molecule has 1 rings (SSSR count). The van der Waals surface area contributed by atoms with Crippen molar-refractivity contribution in [2.24, 2.45) is 17.1 Å². The third kappa shape index (κ3) is 1.45. The molecular weight excluding hydrogens is 138 g/mol. The lowest BCUT2D eigenvalue weighted by Gasteiger charge is -2.15. The Morgan fingerprint density at radius 2 is 2.18 bits per heavy atom. The number of nitrogens with two attached hydrogens (primary N) is 1. The fourth-order valence-electron chi connectivity index (χ4n) is 1.41. The van der Waals surface area contributed by atoms with Crippen LogP contribution in [0.25, 0.3) is 0 Å². The Labute approximate surface area is 68.2 Å². The average Bonchev–Trinajstić information content (AvgIpc) is 2.82. The lowest BCUT2D eigenvalue weighted by molar-refractivity contribution is -0.127. The monoisotopic (exact) mass is 155 g/mol. The molecule has 0 amide bonds. The Morgan fingerprint density at radius 3 is 2.45 bits per heavy atom. The van der Waals surface area contributed by atoms with Gasteiger partial charge >= 0.3 is 0 Å². The Kier molecular flexibility index (Phi) is 2.33. The smallest absolute Gasteiger partial charge is 0.143 e. The number of hydrogen-bond acceptors (Lipinski definition) is 2. The molecule has 1 atom stereocenters. The van der Waals surface area contributed by atoms with Gasteiger partial charge < -0.3 is 5.73 Å². The molecule has 0 aromatic carbocycles. The predicted octanol–water partition coefficient (Wildman–Crippen LogP) is 1.34. The van der Waals surface area contributed by atoms with E-state index in [0.29, 0.717) is 12.3 Å². The van der Waals surface area contributed by atoms with E-state index in [0.717, 1.165) is 19.3 Å². The summed E-state index contributed by atoms with van der Waals surface area (Å²) in [6, 6.07) is 0. The topological polar surface area (TPSA) is 43.1 Å². The minimum absolute atomic E-state index is 0.0879.